The summed E-state index contributed by atoms with van der Waals surface area (Å²) in [4.78, 5) is 3.98. The van der Waals surface area contributed by atoms with Gasteiger partial charge in [-0.3, -0.25) is 0 Å². The Morgan fingerprint density at radius 2 is 2.11 bits per heavy atom. The van der Waals surface area contributed by atoms with Gasteiger partial charge in [-0.25, -0.2) is 18.1 Å². The van der Waals surface area contributed by atoms with E-state index in [0.717, 1.165) is 0 Å². The van der Waals surface area contributed by atoms with Gasteiger partial charge in [-0.1, -0.05) is 0 Å². The Morgan fingerprint density at radius 1 is 1.39 bits per heavy atom. The first-order valence-electron chi connectivity index (χ1n) is 5.66. The maximum absolute atomic E-state index is 11.8. The molecule has 0 atom stereocenters. The van der Waals surface area contributed by atoms with E-state index in [0.29, 0.717) is 32.1 Å². The summed E-state index contributed by atoms with van der Waals surface area (Å²) >= 11 is 0. The van der Waals surface area contributed by atoms with Crippen molar-refractivity contribution in [1.29, 1.82) is 0 Å². The summed E-state index contributed by atoms with van der Waals surface area (Å²) in [5.41, 5.74) is 0. The molecule has 0 aromatic carbocycles. The Hall–Kier alpha value is -0.960. The highest BCUT2D eigenvalue weighted by atomic mass is 32.2. The van der Waals surface area contributed by atoms with E-state index in [1.165, 1.54) is 6.20 Å². The van der Waals surface area contributed by atoms with Gasteiger partial charge >= 0.3 is 0 Å². The Labute approximate surface area is 108 Å². The second-order valence-corrected chi connectivity index (χ2v) is 5.59. The number of nitrogens with zero attached hydrogens (tertiary/aromatic N) is 2. The zero-order valence-electron chi connectivity index (χ0n) is 10.9. The lowest BCUT2D eigenvalue weighted by Gasteiger charge is -2.05. The molecule has 2 N–H and O–H groups in total. The number of hydrogen-bond donors (Lipinski definition) is 2. The molecule has 0 aliphatic heterocycles. The lowest BCUT2D eigenvalue weighted by Crippen LogP contribution is -2.33. The van der Waals surface area contributed by atoms with Gasteiger partial charge in [-0.2, -0.15) is 0 Å². The molecule has 0 aliphatic rings. The SMILES string of the molecule is COCCNCCNS(=O)(=O)c1cn(C)c(C)n1. The van der Waals surface area contributed by atoms with Crippen LogP contribution in [0.15, 0.2) is 11.2 Å². The molecule has 7 nitrogen and oxygen atoms in total. The molecule has 0 amide bonds. The minimum absolute atomic E-state index is 0.0550. The summed E-state index contributed by atoms with van der Waals surface area (Å²) in [6.07, 6.45) is 1.50. The number of methoxy groups -OCH3 is 1. The molecule has 0 fully saturated rings. The van der Waals surface area contributed by atoms with Crippen LogP contribution in [-0.2, 0) is 21.8 Å². The van der Waals surface area contributed by atoms with E-state index < -0.39 is 10.0 Å². The second-order valence-electron chi connectivity index (χ2n) is 3.88. The molecule has 104 valence electrons. The Bertz CT molecular complexity index is 450. The molecule has 0 radical (unpaired) electrons. The number of rotatable bonds is 8. The van der Waals surface area contributed by atoms with Crippen molar-refractivity contribution in [2.45, 2.75) is 11.9 Å². The molecule has 18 heavy (non-hydrogen) atoms. The van der Waals surface area contributed by atoms with Crippen LogP contribution in [0.1, 0.15) is 5.82 Å². The van der Waals surface area contributed by atoms with Crippen LogP contribution < -0.4 is 10.0 Å². The Kier molecular flexibility index (Phi) is 5.73. The van der Waals surface area contributed by atoms with Gasteiger partial charge in [0.15, 0.2) is 5.03 Å². The van der Waals surface area contributed by atoms with E-state index in [1.54, 1.807) is 25.6 Å². The average molecular weight is 276 g/mol. The zero-order valence-corrected chi connectivity index (χ0v) is 11.7. The normalized spacial score (nSPS) is 11.9. The molecule has 0 aliphatic carbocycles. The van der Waals surface area contributed by atoms with Crippen LogP contribution in [-0.4, -0.2) is 51.3 Å². The lowest BCUT2D eigenvalue weighted by molar-refractivity contribution is 0.199. The molecule has 1 heterocycles. The third kappa shape index (κ3) is 4.37. The fraction of sp³-hybridized carbons (Fsp3) is 0.700. The van der Waals surface area contributed by atoms with Crippen molar-refractivity contribution in [2.24, 2.45) is 7.05 Å². The van der Waals surface area contributed by atoms with E-state index in [-0.39, 0.29) is 5.03 Å². The van der Waals surface area contributed by atoms with Crippen LogP contribution in [0.25, 0.3) is 0 Å². The fourth-order valence-electron chi connectivity index (χ4n) is 1.30. The van der Waals surface area contributed by atoms with Crippen molar-refractivity contribution < 1.29 is 13.2 Å². The number of imidazole rings is 1. The van der Waals surface area contributed by atoms with Crippen molar-refractivity contribution >= 4 is 10.0 Å². The predicted octanol–water partition coefficient (Wildman–Crippen LogP) is -0.757. The molecular formula is C10H20N4O3S. The highest BCUT2D eigenvalue weighted by Crippen LogP contribution is 2.06. The van der Waals surface area contributed by atoms with Crippen molar-refractivity contribution in [3.63, 3.8) is 0 Å². The summed E-state index contributed by atoms with van der Waals surface area (Å²) in [5.74, 6) is 0.661. The average Bonchev–Trinajstić information content (AvgIpc) is 2.65. The smallest absolute Gasteiger partial charge is 0.259 e. The second kappa shape index (κ2) is 6.83. The molecule has 0 bridgehead atoms. The number of aromatic nitrogens is 2. The van der Waals surface area contributed by atoms with Crippen molar-refractivity contribution in [3.05, 3.63) is 12.0 Å². The number of nitrogens with one attached hydrogen (secondary N) is 2. The van der Waals surface area contributed by atoms with E-state index in [4.69, 9.17) is 4.74 Å². The molecule has 0 unspecified atom stereocenters. The summed E-state index contributed by atoms with van der Waals surface area (Å²) in [6.45, 7) is 3.93. The van der Waals surface area contributed by atoms with Gasteiger partial charge in [0.25, 0.3) is 10.0 Å². The van der Waals surface area contributed by atoms with Crippen LogP contribution >= 0.6 is 0 Å². The van der Waals surface area contributed by atoms with Crippen LogP contribution in [0.3, 0.4) is 0 Å². The summed E-state index contributed by atoms with van der Waals surface area (Å²) in [5, 5.41) is 3.10. The monoisotopic (exact) mass is 276 g/mol. The Morgan fingerprint density at radius 3 is 2.67 bits per heavy atom. The summed E-state index contributed by atoms with van der Waals surface area (Å²) < 4.78 is 32.7. The van der Waals surface area contributed by atoms with Crippen LogP contribution in [0.5, 0.6) is 0 Å². The molecule has 1 aromatic rings. The zero-order chi connectivity index (χ0) is 13.6. The highest BCUT2D eigenvalue weighted by Gasteiger charge is 2.17. The number of hydrogen-bond acceptors (Lipinski definition) is 5. The van der Waals surface area contributed by atoms with E-state index >= 15 is 0 Å². The van der Waals surface area contributed by atoms with Gasteiger partial charge in [0, 0.05) is 40.0 Å². The van der Waals surface area contributed by atoms with Crippen LogP contribution in [0.4, 0.5) is 0 Å². The summed E-state index contributed by atoms with van der Waals surface area (Å²) in [6, 6.07) is 0. The standard InChI is InChI=1S/C10H20N4O3S/c1-9-13-10(8-14(9)2)18(15,16)12-5-4-11-6-7-17-3/h8,11-12H,4-7H2,1-3H3. The third-order valence-corrected chi connectivity index (χ3v) is 3.77. The Balaban J connectivity index is 2.41. The van der Waals surface area contributed by atoms with Crippen molar-refractivity contribution in [3.8, 4) is 0 Å². The number of aryl methyl sites for hydroxylation is 2. The summed E-state index contributed by atoms with van der Waals surface area (Å²) in [7, 11) is -0.131. The molecular weight excluding hydrogens is 256 g/mol. The highest BCUT2D eigenvalue weighted by molar-refractivity contribution is 7.89. The lowest BCUT2D eigenvalue weighted by atomic mass is 10.6. The maximum Gasteiger partial charge on any atom is 0.259 e. The van der Waals surface area contributed by atoms with Crippen LogP contribution in [0.2, 0.25) is 0 Å². The molecule has 1 aromatic heterocycles. The van der Waals surface area contributed by atoms with E-state index in [1.807, 2.05) is 0 Å². The minimum atomic E-state index is -3.51. The van der Waals surface area contributed by atoms with Crippen molar-refractivity contribution in [1.82, 2.24) is 19.6 Å². The number of sulfonamides is 1. The molecule has 8 heteroatoms. The molecule has 0 saturated carbocycles. The largest absolute Gasteiger partial charge is 0.383 e. The van der Waals surface area contributed by atoms with Gasteiger partial charge in [-0.05, 0) is 6.92 Å². The van der Waals surface area contributed by atoms with Gasteiger partial charge < -0.3 is 14.6 Å². The first-order chi connectivity index (χ1) is 8.47. The first kappa shape index (κ1) is 15.1. The topological polar surface area (TPSA) is 85.3 Å². The molecule has 0 saturated heterocycles. The number of ether oxygens (including phenoxy) is 1. The van der Waals surface area contributed by atoms with Gasteiger partial charge in [-0.15, -0.1) is 0 Å². The predicted molar refractivity (Wildman–Crippen MR) is 67.9 cm³/mol. The maximum atomic E-state index is 11.8. The quantitative estimate of drug-likeness (QED) is 0.610. The van der Waals surface area contributed by atoms with E-state index in [9.17, 15) is 8.42 Å². The third-order valence-electron chi connectivity index (χ3n) is 2.44. The molecule has 0 spiro atoms. The fourth-order valence-corrected chi connectivity index (χ4v) is 2.37. The molecule has 1 rings (SSSR count). The minimum Gasteiger partial charge on any atom is -0.383 e. The van der Waals surface area contributed by atoms with Gasteiger partial charge in [0.1, 0.15) is 5.82 Å². The van der Waals surface area contributed by atoms with Gasteiger partial charge in [0.05, 0.1) is 6.61 Å². The van der Waals surface area contributed by atoms with E-state index in [2.05, 4.69) is 15.0 Å². The first-order valence-corrected chi connectivity index (χ1v) is 7.15. The van der Waals surface area contributed by atoms with Crippen molar-refractivity contribution in [2.75, 3.05) is 33.4 Å². The van der Waals surface area contributed by atoms with Crippen LogP contribution in [0, 0.1) is 6.92 Å². The van der Waals surface area contributed by atoms with Gasteiger partial charge in [0.2, 0.25) is 0 Å².